The number of amides is 1. The highest BCUT2D eigenvalue weighted by Crippen LogP contribution is 2.36. The number of rotatable bonds is 9. The van der Waals surface area contributed by atoms with Crippen LogP contribution in [0.25, 0.3) is 10.9 Å². The molecule has 2 aromatic carbocycles. The molecule has 1 saturated heterocycles. The summed E-state index contributed by atoms with van der Waals surface area (Å²) in [6.45, 7) is 4.11. The van der Waals surface area contributed by atoms with Gasteiger partial charge in [-0.05, 0) is 31.2 Å². The number of nitrogens with one attached hydrogen (secondary N) is 1. The highest BCUT2D eigenvalue weighted by atomic mass is 16.6. The largest absolute Gasteiger partial charge is 0.487 e. The smallest absolute Gasteiger partial charge is 0.409 e. The molecule has 9 heteroatoms. The average molecular weight is 491 g/mol. The van der Waals surface area contributed by atoms with Crippen LogP contribution >= 0.6 is 0 Å². The molecule has 1 aliphatic heterocycles. The Kier molecular flexibility index (Phi) is 8.42. The number of carbonyl (C=O) groups excluding carboxylic acids is 1. The van der Waals surface area contributed by atoms with Crippen LogP contribution in [0.15, 0.2) is 42.7 Å². The summed E-state index contributed by atoms with van der Waals surface area (Å²) in [5.74, 6) is 4.43. The minimum Gasteiger partial charge on any atom is -0.487 e. The van der Waals surface area contributed by atoms with Crippen molar-refractivity contribution in [3.05, 3.63) is 48.3 Å². The number of anilines is 2. The number of ether oxygens (including phenoxy) is 4. The molecule has 0 aliphatic carbocycles. The second kappa shape index (κ2) is 12.1. The third-order valence-corrected chi connectivity index (χ3v) is 5.80. The fourth-order valence-corrected chi connectivity index (χ4v) is 3.98. The molecular formula is C27H30N4O5. The first kappa shape index (κ1) is 25.1. The topological polar surface area (TPSA) is 95.0 Å². The molecule has 3 aromatic rings. The summed E-state index contributed by atoms with van der Waals surface area (Å²) in [5, 5.41) is 4.11. The van der Waals surface area contributed by atoms with E-state index in [1.54, 1.807) is 18.9 Å². The lowest BCUT2D eigenvalue weighted by Crippen LogP contribution is -2.42. The Morgan fingerprint density at radius 1 is 1.17 bits per heavy atom. The Bertz CT molecular complexity index is 1230. The lowest BCUT2D eigenvalue weighted by Gasteiger charge is -2.31. The highest BCUT2D eigenvalue weighted by molar-refractivity contribution is 5.93. The van der Waals surface area contributed by atoms with Crippen molar-refractivity contribution < 1.29 is 23.7 Å². The number of likely N-dealkylation sites (tertiary alicyclic amines) is 1. The molecule has 1 aromatic heterocycles. The lowest BCUT2D eigenvalue weighted by molar-refractivity contribution is 0.0685. The van der Waals surface area contributed by atoms with Gasteiger partial charge in [-0.1, -0.05) is 12.0 Å². The van der Waals surface area contributed by atoms with Crippen LogP contribution in [0.3, 0.4) is 0 Å². The van der Waals surface area contributed by atoms with Crippen LogP contribution in [0, 0.1) is 12.3 Å². The fraction of sp³-hybridized carbons (Fsp3) is 0.370. The summed E-state index contributed by atoms with van der Waals surface area (Å²) in [6.07, 6.45) is 8.05. The zero-order valence-corrected chi connectivity index (χ0v) is 20.5. The van der Waals surface area contributed by atoms with Crippen LogP contribution < -0.4 is 14.8 Å². The quantitative estimate of drug-likeness (QED) is 0.349. The van der Waals surface area contributed by atoms with E-state index in [4.69, 9.17) is 25.4 Å². The molecule has 0 unspecified atom stereocenters. The third kappa shape index (κ3) is 6.15. The Hall–Kier alpha value is -4.03. The zero-order chi connectivity index (χ0) is 25.3. The van der Waals surface area contributed by atoms with Gasteiger partial charge in [-0.15, -0.1) is 6.42 Å². The molecule has 1 amide bonds. The van der Waals surface area contributed by atoms with Gasteiger partial charge in [0.1, 0.15) is 24.9 Å². The van der Waals surface area contributed by atoms with E-state index in [0.717, 1.165) is 16.6 Å². The number of hydrogen-bond acceptors (Lipinski definition) is 8. The summed E-state index contributed by atoms with van der Waals surface area (Å²) in [6, 6.07) is 11.3. The van der Waals surface area contributed by atoms with Crippen molar-refractivity contribution in [2.75, 3.05) is 45.3 Å². The molecule has 36 heavy (non-hydrogen) atoms. The molecule has 1 aliphatic rings. The van der Waals surface area contributed by atoms with E-state index in [9.17, 15) is 4.79 Å². The van der Waals surface area contributed by atoms with Crippen molar-refractivity contribution >= 4 is 28.5 Å². The number of piperidine rings is 1. The van der Waals surface area contributed by atoms with Gasteiger partial charge >= 0.3 is 6.09 Å². The first-order valence-electron chi connectivity index (χ1n) is 11.9. The molecule has 0 atom stereocenters. The number of methoxy groups -OCH3 is 1. The summed E-state index contributed by atoms with van der Waals surface area (Å²) in [5.41, 5.74) is 2.29. The maximum atomic E-state index is 12.0. The predicted octanol–water partition coefficient (Wildman–Crippen LogP) is 4.38. The number of aromatic nitrogens is 2. The number of carbonyl (C=O) groups is 1. The number of fused-ring (bicyclic) bond motifs is 1. The van der Waals surface area contributed by atoms with Crippen LogP contribution in [0.1, 0.15) is 25.3 Å². The van der Waals surface area contributed by atoms with Gasteiger partial charge in [-0.25, -0.2) is 14.8 Å². The Morgan fingerprint density at radius 3 is 2.75 bits per heavy atom. The summed E-state index contributed by atoms with van der Waals surface area (Å²) in [7, 11) is 1.62. The normalized spacial score (nSPS) is 13.8. The molecule has 1 N–H and O–H groups in total. The van der Waals surface area contributed by atoms with Crippen LogP contribution in [-0.4, -0.2) is 67.1 Å². The zero-order valence-electron chi connectivity index (χ0n) is 20.5. The number of benzene rings is 2. The monoisotopic (exact) mass is 490 g/mol. The molecular weight excluding hydrogens is 460 g/mol. The van der Waals surface area contributed by atoms with Crippen LogP contribution in [0.5, 0.6) is 11.5 Å². The number of terminal acetylenes is 1. The summed E-state index contributed by atoms with van der Waals surface area (Å²) in [4.78, 5) is 22.6. The van der Waals surface area contributed by atoms with Gasteiger partial charge in [0.2, 0.25) is 0 Å². The SMILES string of the molecule is C#Cc1cccc(Nc2ncnc3cc(OCCOC)c(OC4CCN(C(=O)OCC)CC4)cc23)c1. The van der Waals surface area contributed by atoms with Gasteiger partial charge in [0, 0.05) is 55.7 Å². The first-order valence-corrected chi connectivity index (χ1v) is 11.9. The Labute approximate surface area is 210 Å². The van der Waals surface area contributed by atoms with E-state index in [1.807, 2.05) is 36.4 Å². The van der Waals surface area contributed by atoms with Gasteiger partial charge in [-0.2, -0.15) is 0 Å². The Balaban J connectivity index is 1.59. The van der Waals surface area contributed by atoms with Crippen LogP contribution in [0.2, 0.25) is 0 Å². The van der Waals surface area contributed by atoms with Crippen molar-refractivity contribution in [1.29, 1.82) is 0 Å². The van der Waals surface area contributed by atoms with Crippen molar-refractivity contribution in [2.24, 2.45) is 0 Å². The van der Waals surface area contributed by atoms with Gasteiger partial charge in [0.05, 0.1) is 18.7 Å². The van der Waals surface area contributed by atoms with Gasteiger partial charge in [-0.3, -0.25) is 0 Å². The van der Waals surface area contributed by atoms with Crippen molar-refractivity contribution in [3.8, 4) is 23.8 Å². The third-order valence-electron chi connectivity index (χ3n) is 5.80. The molecule has 2 heterocycles. The van der Waals surface area contributed by atoms with E-state index in [2.05, 4.69) is 21.2 Å². The first-order chi connectivity index (χ1) is 17.6. The average Bonchev–Trinajstić information content (AvgIpc) is 2.90. The van der Waals surface area contributed by atoms with Crippen molar-refractivity contribution in [3.63, 3.8) is 0 Å². The minimum absolute atomic E-state index is 0.0775. The highest BCUT2D eigenvalue weighted by Gasteiger charge is 2.26. The summed E-state index contributed by atoms with van der Waals surface area (Å²) >= 11 is 0. The van der Waals surface area contributed by atoms with Gasteiger partial charge < -0.3 is 29.2 Å². The maximum Gasteiger partial charge on any atom is 0.409 e. The second-order valence-corrected chi connectivity index (χ2v) is 8.23. The number of nitrogens with zero attached hydrogens (tertiary/aromatic N) is 3. The standard InChI is InChI=1S/C27H30N4O5/c1-4-19-7-6-8-20(15-19)30-26-22-16-25(24(35-14-13-33-3)17-23(22)28-18-29-26)36-21-9-11-31(12-10-21)27(32)34-5-2/h1,6-8,15-18,21H,5,9-14H2,2-3H3,(H,28,29,30). The second-order valence-electron chi connectivity index (χ2n) is 8.23. The predicted molar refractivity (Wildman–Crippen MR) is 137 cm³/mol. The summed E-state index contributed by atoms with van der Waals surface area (Å²) < 4.78 is 22.6. The maximum absolute atomic E-state index is 12.0. The van der Waals surface area contributed by atoms with Crippen LogP contribution in [-0.2, 0) is 9.47 Å². The van der Waals surface area contributed by atoms with Crippen molar-refractivity contribution in [2.45, 2.75) is 25.9 Å². The van der Waals surface area contributed by atoms with E-state index >= 15 is 0 Å². The molecule has 0 radical (unpaired) electrons. The molecule has 4 rings (SSSR count). The molecule has 9 nitrogen and oxygen atoms in total. The minimum atomic E-state index is -0.285. The molecule has 188 valence electrons. The molecule has 0 bridgehead atoms. The van der Waals surface area contributed by atoms with Crippen molar-refractivity contribution in [1.82, 2.24) is 14.9 Å². The molecule has 1 fully saturated rings. The van der Waals surface area contributed by atoms with E-state index in [-0.39, 0.29) is 12.2 Å². The Morgan fingerprint density at radius 2 is 2.00 bits per heavy atom. The van der Waals surface area contributed by atoms with Gasteiger partial charge in [0.15, 0.2) is 11.5 Å². The van der Waals surface area contributed by atoms with E-state index in [0.29, 0.717) is 68.6 Å². The number of hydrogen-bond donors (Lipinski definition) is 1. The van der Waals surface area contributed by atoms with Crippen LogP contribution in [0.4, 0.5) is 16.3 Å². The van der Waals surface area contributed by atoms with Gasteiger partial charge in [0.25, 0.3) is 0 Å². The molecule has 0 saturated carbocycles. The fourth-order valence-electron chi connectivity index (χ4n) is 3.98. The molecule has 0 spiro atoms. The lowest BCUT2D eigenvalue weighted by atomic mass is 10.1. The van der Waals surface area contributed by atoms with E-state index < -0.39 is 0 Å². The van der Waals surface area contributed by atoms with E-state index in [1.165, 1.54) is 6.33 Å².